The molecule has 4 aromatic rings. The lowest BCUT2D eigenvalue weighted by Crippen LogP contribution is -2.23. The second kappa shape index (κ2) is 3.40. The summed E-state index contributed by atoms with van der Waals surface area (Å²) in [7, 11) is 0. The zero-order chi connectivity index (χ0) is 12.1. The molecule has 0 aliphatic heterocycles. The third kappa shape index (κ3) is 1.18. The van der Waals surface area contributed by atoms with Crippen molar-refractivity contribution in [3.8, 4) is 0 Å². The van der Waals surface area contributed by atoms with Gasteiger partial charge >= 0.3 is 0 Å². The average molecular weight is 252 g/mol. The fourth-order valence-electron chi connectivity index (χ4n) is 2.45. The van der Waals surface area contributed by atoms with Crippen molar-refractivity contribution in [2.24, 2.45) is 0 Å². The molecule has 86 valence electrons. The van der Waals surface area contributed by atoms with Crippen molar-refractivity contribution in [2.45, 2.75) is 0 Å². The molecule has 0 spiro atoms. The van der Waals surface area contributed by atoms with E-state index in [0.717, 1.165) is 27.6 Å². The van der Waals surface area contributed by atoms with Crippen LogP contribution in [0.1, 0.15) is 0 Å². The maximum atomic E-state index is 5.45. The highest BCUT2D eigenvalue weighted by Gasteiger charge is 2.14. The van der Waals surface area contributed by atoms with Crippen LogP contribution in [0.25, 0.3) is 27.6 Å². The molecule has 0 radical (unpaired) electrons. The van der Waals surface area contributed by atoms with E-state index in [1.807, 2.05) is 34.7 Å². The van der Waals surface area contributed by atoms with Gasteiger partial charge < -0.3 is 0 Å². The van der Waals surface area contributed by atoms with E-state index in [-0.39, 0.29) is 0 Å². The molecule has 4 rings (SSSR count). The zero-order valence-corrected chi connectivity index (χ0v) is 10.3. The van der Waals surface area contributed by atoms with Gasteiger partial charge in [-0.25, -0.2) is 0 Å². The largest absolute Gasteiger partial charge is 0.300 e. The molecule has 18 heavy (non-hydrogen) atoms. The lowest BCUT2D eigenvalue weighted by Gasteiger charge is -1.95. The number of aromatic nitrogens is 3. The van der Waals surface area contributed by atoms with Crippen LogP contribution in [-0.4, -0.2) is 9.97 Å². The fraction of sp³-hybridized carbons (Fsp3) is 0. The minimum absolute atomic E-state index is 0.709. The van der Waals surface area contributed by atoms with Crippen molar-refractivity contribution in [1.82, 2.24) is 9.97 Å². The van der Waals surface area contributed by atoms with Gasteiger partial charge in [0.05, 0.1) is 5.39 Å². The van der Waals surface area contributed by atoms with Gasteiger partial charge in [0, 0.05) is 0 Å². The lowest BCUT2D eigenvalue weighted by atomic mass is 10.2. The van der Waals surface area contributed by atoms with Crippen LogP contribution in [0.5, 0.6) is 0 Å². The quantitative estimate of drug-likeness (QED) is 0.366. The van der Waals surface area contributed by atoms with Crippen molar-refractivity contribution in [1.29, 1.82) is 0 Å². The van der Waals surface area contributed by atoms with E-state index < -0.39 is 0 Å². The van der Waals surface area contributed by atoms with Gasteiger partial charge in [0.2, 0.25) is 5.65 Å². The minimum Gasteiger partial charge on any atom is -0.269 e. The van der Waals surface area contributed by atoms with Crippen molar-refractivity contribution >= 4 is 39.8 Å². The third-order valence-electron chi connectivity index (χ3n) is 3.25. The molecule has 4 heteroatoms. The summed E-state index contributed by atoms with van der Waals surface area (Å²) in [5, 5.41) is 1.14. The van der Waals surface area contributed by atoms with E-state index in [9.17, 15) is 0 Å². The molecular weight excluding hydrogens is 242 g/mol. The summed E-state index contributed by atoms with van der Waals surface area (Å²) in [4.78, 5) is 6.71. The van der Waals surface area contributed by atoms with Crippen LogP contribution >= 0.6 is 12.2 Å². The first-order chi connectivity index (χ1) is 8.84. The van der Waals surface area contributed by atoms with Gasteiger partial charge in [-0.2, -0.15) is 4.40 Å². The molecule has 2 aromatic carbocycles. The SMILES string of the molecule is S=c1[nH]c2ccccc2c2[nH]c3ccccc3[n+]12. The molecule has 0 atom stereocenters. The Morgan fingerprint density at radius 3 is 2.44 bits per heavy atom. The summed E-state index contributed by atoms with van der Waals surface area (Å²) in [6, 6.07) is 16.3. The number of imidazole rings is 1. The first kappa shape index (κ1) is 9.79. The predicted octanol–water partition coefficient (Wildman–Crippen LogP) is 3.12. The van der Waals surface area contributed by atoms with Crippen LogP contribution in [0.4, 0.5) is 0 Å². The van der Waals surface area contributed by atoms with Gasteiger partial charge in [-0.15, -0.1) is 0 Å². The van der Waals surface area contributed by atoms with Gasteiger partial charge in [-0.1, -0.05) is 24.3 Å². The molecule has 0 saturated heterocycles. The summed E-state index contributed by atoms with van der Waals surface area (Å²) in [5.41, 5.74) is 4.28. The Labute approximate surface area is 108 Å². The van der Waals surface area contributed by atoms with Crippen molar-refractivity contribution in [3.63, 3.8) is 0 Å². The minimum atomic E-state index is 0.709. The standard InChI is InChI=1S/C14H9N3S/c18-14-16-10-6-2-1-5-9(10)13-15-11-7-3-4-8-12(11)17(13)14/h1-8H,(H,15,16,18)/p+1. The van der Waals surface area contributed by atoms with Crippen LogP contribution in [0.3, 0.4) is 0 Å². The van der Waals surface area contributed by atoms with Crippen LogP contribution in [0, 0.1) is 4.77 Å². The van der Waals surface area contributed by atoms with Crippen molar-refractivity contribution < 1.29 is 4.40 Å². The second-order valence-corrected chi connectivity index (χ2v) is 4.69. The molecule has 2 N–H and O–H groups in total. The Morgan fingerprint density at radius 1 is 0.833 bits per heavy atom. The van der Waals surface area contributed by atoms with Crippen LogP contribution < -0.4 is 4.40 Å². The van der Waals surface area contributed by atoms with E-state index >= 15 is 0 Å². The number of fused-ring (bicyclic) bond motifs is 5. The van der Waals surface area contributed by atoms with Gasteiger partial charge in [-0.05, 0) is 36.5 Å². The molecule has 0 saturated carbocycles. The molecule has 0 amide bonds. The van der Waals surface area contributed by atoms with E-state index in [1.54, 1.807) is 0 Å². The average Bonchev–Trinajstić information content (AvgIpc) is 2.79. The molecule has 0 aliphatic rings. The Balaban J connectivity index is 2.42. The predicted molar refractivity (Wildman–Crippen MR) is 74.1 cm³/mol. The number of H-pyrrole nitrogens is 2. The van der Waals surface area contributed by atoms with Crippen LogP contribution in [0.15, 0.2) is 48.5 Å². The number of nitrogens with zero attached hydrogens (tertiary/aromatic N) is 1. The first-order valence-corrected chi connectivity index (χ1v) is 6.19. The first-order valence-electron chi connectivity index (χ1n) is 5.78. The normalized spacial score (nSPS) is 11.6. The number of benzene rings is 2. The Kier molecular flexibility index (Phi) is 1.85. The van der Waals surface area contributed by atoms with Gasteiger partial charge in [-0.3, -0.25) is 9.97 Å². The van der Waals surface area contributed by atoms with Crippen LogP contribution in [0.2, 0.25) is 0 Å². The molecule has 2 heterocycles. The smallest absolute Gasteiger partial charge is 0.269 e. The second-order valence-electron chi connectivity index (χ2n) is 4.30. The van der Waals surface area contributed by atoms with Gasteiger partial charge in [0.1, 0.15) is 16.6 Å². The Hall–Kier alpha value is -2.20. The molecule has 2 aromatic heterocycles. The van der Waals surface area contributed by atoms with E-state index in [4.69, 9.17) is 12.2 Å². The molecule has 3 nitrogen and oxygen atoms in total. The van der Waals surface area contributed by atoms with E-state index in [2.05, 4.69) is 28.2 Å². The number of aromatic amines is 2. The maximum absolute atomic E-state index is 5.45. The van der Waals surface area contributed by atoms with Crippen LogP contribution in [-0.2, 0) is 0 Å². The fourth-order valence-corrected chi connectivity index (χ4v) is 2.75. The van der Waals surface area contributed by atoms with E-state index in [0.29, 0.717) is 4.77 Å². The van der Waals surface area contributed by atoms with Crippen molar-refractivity contribution in [2.75, 3.05) is 0 Å². The summed E-state index contributed by atoms with van der Waals surface area (Å²) < 4.78 is 2.76. The highest BCUT2D eigenvalue weighted by Crippen LogP contribution is 2.17. The summed E-state index contributed by atoms with van der Waals surface area (Å²) in [6.45, 7) is 0. The molecule has 0 aliphatic carbocycles. The monoisotopic (exact) mass is 252 g/mol. The van der Waals surface area contributed by atoms with E-state index in [1.165, 1.54) is 0 Å². The Morgan fingerprint density at radius 2 is 1.56 bits per heavy atom. The summed E-state index contributed by atoms with van der Waals surface area (Å²) in [6.07, 6.45) is 0. The summed E-state index contributed by atoms with van der Waals surface area (Å²) >= 11 is 5.45. The number of rotatable bonds is 0. The molecular formula is C14H10N3S+. The highest BCUT2D eigenvalue weighted by atomic mass is 32.1. The third-order valence-corrected chi connectivity index (χ3v) is 3.53. The molecule has 0 unspecified atom stereocenters. The number of nitrogens with one attached hydrogen (secondary N) is 2. The topological polar surface area (TPSA) is 35.7 Å². The molecule has 0 bridgehead atoms. The lowest BCUT2D eigenvalue weighted by molar-refractivity contribution is -0.491. The number of hydrogen-bond donors (Lipinski definition) is 2. The van der Waals surface area contributed by atoms with Gasteiger partial charge in [0.15, 0.2) is 0 Å². The molecule has 0 fully saturated rings. The number of hydrogen-bond acceptors (Lipinski definition) is 1. The maximum Gasteiger partial charge on any atom is 0.300 e. The highest BCUT2D eigenvalue weighted by molar-refractivity contribution is 7.71. The zero-order valence-electron chi connectivity index (χ0n) is 9.47. The number of para-hydroxylation sites is 3. The Bertz CT molecular complexity index is 949. The van der Waals surface area contributed by atoms with Gasteiger partial charge in [0.25, 0.3) is 4.77 Å². The summed E-state index contributed by atoms with van der Waals surface area (Å²) in [5.74, 6) is 0. The van der Waals surface area contributed by atoms with Crippen molar-refractivity contribution in [3.05, 3.63) is 53.3 Å².